The molecule has 1 N–H and O–H groups in total. The standard InChI is InChI=1S/C23H20N4O3/c1-16(17-7-6-8-18(15-17)27(29)30)24-25-23(28)13-14-26-21-11-4-2-9-19(21)20-10-3-5-12-22(20)26/h2-12,15H,13-14H2,1H3,(H,25,28)/b24-16-. The molecule has 30 heavy (non-hydrogen) atoms. The summed E-state index contributed by atoms with van der Waals surface area (Å²) in [5, 5.41) is 17.3. The second kappa shape index (κ2) is 8.16. The van der Waals surface area contributed by atoms with Gasteiger partial charge in [0.05, 0.1) is 10.6 Å². The number of para-hydroxylation sites is 2. The van der Waals surface area contributed by atoms with Crippen LogP contribution in [0, 0.1) is 10.1 Å². The van der Waals surface area contributed by atoms with E-state index >= 15 is 0 Å². The zero-order valence-electron chi connectivity index (χ0n) is 16.4. The van der Waals surface area contributed by atoms with Crippen molar-refractivity contribution in [1.82, 2.24) is 9.99 Å². The summed E-state index contributed by atoms with van der Waals surface area (Å²) in [6.45, 7) is 2.22. The summed E-state index contributed by atoms with van der Waals surface area (Å²) in [4.78, 5) is 22.8. The minimum atomic E-state index is -0.457. The van der Waals surface area contributed by atoms with Crippen molar-refractivity contribution in [2.24, 2.45) is 5.10 Å². The van der Waals surface area contributed by atoms with Crippen LogP contribution in [0.15, 0.2) is 77.9 Å². The van der Waals surface area contributed by atoms with Crippen molar-refractivity contribution in [3.8, 4) is 0 Å². The van der Waals surface area contributed by atoms with E-state index in [9.17, 15) is 14.9 Å². The molecule has 1 heterocycles. The van der Waals surface area contributed by atoms with Crippen molar-refractivity contribution in [2.75, 3.05) is 0 Å². The van der Waals surface area contributed by atoms with E-state index in [1.165, 1.54) is 12.1 Å². The molecular formula is C23H20N4O3. The van der Waals surface area contributed by atoms with Crippen molar-refractivity contribution in [3.63, 3.8) is 0 Å². The largest absolute Gasteiger partial charge is 0.340 e. The van der Waals surface area contributed by atoms with Crippen LogP contribution in [0.5, 0.6) is 0 Å². The molecule has 7 nitrogen and oxygen atoms in total. The Labute approximate surface area is 172 Å². The topological polar surface area (TPSA) is 89.5 Å². The molecule has 4 rings (SSSR count). The number of carbonyl (C=O) groups excluding carboxylic acids is 1. The molecule has 0 saturated heterocycles. The molecule has 0 spiro atoms. The zero-order chi connectivity index (χ0) is 21.1. The van der Waals surface area contributed by atoms with E-state index in [1.807, 2.05) is 24.3 Å². The van der Waals surface area contributed by atoms with Gasteiger partial charge >= 0.3 is 0 Å². The Bertz CT molecular complexity index is 1240. The first-order chi connectivity index (χ1) is 14.5. The Balaban J connectivity index is 1.48. The van der Waals surface area contributed by atoms with Gasteiger partial charge in [-0.05, 0) is 19.1 Å². The second-order valence-electron chi connectivity index (χ2n) is 6.98. The summed E-state index contributed by atoms with van der Waals surface area (Å²) in [5.74, 6) is -0.221. The fourth-order valence-electron chi connectivity index (χ4n) is 3.57. The van der Waals surface area contributed by atoms with Gasteiger partial charge in [-0.2, -0.15) is 5.10 Å². The molecule has 0 aliphatic carbocycles. The first kappa shape index (κ1) is 19.3. The second-order valence-corrected chi connectivity index (χ2v) is 6.98. The highest BCUT2D eigenvalue weighted by Gasteiger charge is 2.11. The number of nitrogens with one attached hydrogen (secondary N) is 1. The number of nitro groups is 1. The quantitative estimate of drug-likeness (QED) is 0.291. The third-order valence-electron chi connectivity index (χ3n) is 5.07. The smallest absolute Gasteiger partial charge is 0.270 e. The molecule has 0 saturated carbocycles. The van der Waals surface area contributed by atoms with Gasteiger partial charge in [0.2, 0.25) is 5.91 Å². The Morgan fingerprint density at radius 1 is 1.00 bits per heavy atom. The summed E-state index contributed by atoms with van der Waals surface area (Å²) in [6.07, 6.45) is 0.258. The van der Waals surface area contributed by atoms with Crippen LogP contribution in [0.25, 0.3) is 21.8 Å². The Morgan fingerprint density at radius 2 is 1.63 bits per heavy atom. The molecule has 0 aliphatic rings. The molecule has 0 aliphatic heterocycles. The van der Waals surface area contributed by atoms with Crippen LogP contribution in [0.1, 0.15) is 18.9 Å². The number of rotatable bonds is 6. The summed E-state index contributed by atoms with van der Waals surface area (Å²) in [6, 6.07) is 22.4. The highest BCUT2D eigenvalue weighted by atomic mass is 16.6. The Hall–Kier alpha value is -4.00. The Morgan fingerprint density at radius 3 is 2.27 bits per heavy atom. The Kier molecular flexibility index (Phi) is 5.26. The lowest BCUT2D eigenvalue weighted by molar-refractivity contribution is -0.384. The fraction of sp³-hybridized carbons (Fsp3) is 0.130. The first-order valence-electron chi connectivity index (χ1n) is 9.58. The minimum absolute atomic E-state index is 0.0141. The third kappa shape index (κ3) is 3.77. The zero-order valence-corrected chi connectivity index (χ0v) is 16.4. The van der Waals surface area contributed by atoms with Crippen LogP contribution in [0.2, 0.25) is 0 Å². The maximum atomic E-state index is 12.4. The minimum Gasteiger partial charge on any atom is -0.340 e. The molecule has 4 aromatic rings. The van der Waals surface area contributed by atoms with Gasteiger partial charge < -0.3 is 4.57 Å². The van der Waals surface area contributed by atoms with Crippen molar-refractivity contribution in [2.45, 2.75) is 19.9 Å². The molecule has 0 atom stereocenters. The van der Waals surface area contributed by atoms with Crippen LogP contribution < -0.4 is 5.43 Å². The molecule has 0 fully saturated rings. The maximum Gasteiger partial charge on any atom is 0.270 e. The molecule has 150 valence electrons. The summed E-state index contributed by atoms with van der Waals surface area (Å²) in [7, 11) is 0. The monoisotopic (exact) mass is 400 g/mol. The normalized spacial score (nSPS) is 11.7. The van der Waals surface area contributed by atoms with Gasteiger partial charge in [0.15, 0.2) is 0 Å². The number of non-ortho nitro benzene ring substituents is 1. The third-order valence-corrected chi connectivity index (χ3v) is 5.07. The van der Waals surface area contributed by atoms with Gasteiger partial charge in [0.1, 0.15) is 0 Å². The summed E-state index contributed by atoms with van der Waals surface area (Å²) >= 11 is 0. The van der Waals surface area contributed by atoms with E-state index in [4.69, 9.17) is 0 Å². The van der Waals surface area contributed by atoms with Gasteiger partial charge in [-0.25, -0.2) is 5.43 Å². The lowest BCUT2D eigenvalue weighted by Crippen LogP contribution is -2.20. The van der Waals surface area contributed by atoms with Crippen molar-refractivity contribution in [1.29, 1.82) is 0 Å². The predicted octanol–water partition coefficient (Wildman–Crippen LogP) is 4.63. The van der Waals surface area contributed by atoms with E-state index in [0.717, 1.165) is 21.8 Å². The number of aromatic nitrogens is 1. The molecule has 3 aromatic carbocycles. The van der Waals surface area contributed by atoms with E-state index in [2.05, 4.69) is 39.4 Å². The molecular weight excluding hydrogens is 380 g/mol. The lowest BCUT2D eigenvalue weighted by Gasteiger charge is -2.07. The highest BCUT2D eigenvalue weighted by Crippen LogP contribution is 2.28. The molecule has 1 amide bonds. The highest BCUT2D eigenvalue weighted by molar-refractivity contribution is 6.08. The van der Waals surface area contributed by atoms with Crippen molar-refractivity contribution < 1.29 is 9.72 Å². The van der Waals surface area contributed by atoms with Gasteiger partial charge in [-0.15, -0.1) is 0 Å². The van der Waals surface area contributed by atoms with Gasteiger partial charge in [0, 0.05) is 52.5 Å². The summed E-state index contributed by atoms with van der Waals surface area (Å²) < 4.78 is 2.14. The van der Waals surface area contributed by atoms with Crippen LogP contribution in [0.4, 0.5) is 5.69 Å². The average Bonchev–Trinajstić information content (AvgIpc) is 3.10. The first-order valence-corrected chi connectivity index (χ1v) is 9.58. The molecule has 0 unspecified atom stereocenters. The number of hydrogen-bond donors (Lipinski definition) is 1. The van der Waals surface area contributed by atoms with Crippen LogP contribution in [-0.2, 0) is 11.3 Å². The number of amides is 1. The van der Waals surface area contributed by atoms with Crippen molar-refractivity contribution in [3.05, 3.63) is 88.5 Å². The average molecular weight is 400 g/mol. The predicted molar refractivity (Wildman–Crippen MR) is 118 cm³/mol. The number of carbonyl (C=O) groups is 1. The van der Waals surface area contributed by atoms with Crippen LogP contribution >= 0.6 is 0 Å². The van der Waals surface area contributed by atoms with E-state index in [-0.39, 0.29) is 18.0 Å². The van der Waals surface area contributed by atoms with E-state index in [0.29, 0.717) is 17.8 Å². The number of benzene rings is 3. The molecule has 0 bridgehead atoms. The van der Waals surface area contributed by atoms with Gasteiger partial charge in [0.25, 0.3) is 5.69 Å². The number of aryl methyl sites for hydroxylation is 1. The van der Waals surface area contributed by atoms with Gasteiger partial charge in [-0.3, -0.25) is 14.9 Å². The van der Waals surface area contributed by atoms with Crippen LogP contribution in [-0.4, -0.2) is 21.1 Å². The number of nitro benzene ring substituents is 1. The molecule has 7 heteroatoms. The number of fused-ring (bicyclic) bond motifs is 3. The SMILES string of the molecule is C/C(=N/NC(=O)CCn1c2ccccc2c2ccccc21)c1cccc([N+](=O)[O-])c1. The van der Waals surface area contributed by atoms with Gasteiger partial charge in [-0.1, -0.05) is 48.5 Å². The lowest BCUT2D eigenvalue weighted by atomic mass is 10.1. The van der Waals surface area contributed by atoms with E-state index in [1.54, 1.807) is 19.1 Å². The van der Waals surface area contributed by atoms with Crippen molar-refractivity contribution >= 4 is 39.1 Å². The van der Waals surface area contributed by atoms with Crippen LogP contribution in [0.3, 0.4) is 0 Å². The summed E-state index contributed by atoms with van der Waals surface area (Å²) in [5.41, 5.74) is 5.81. The number of hydrogen-bond acceptors (Lipinski definition) is 4. The van der Waals surface area contributed by atoms with E-state index < -0.39 is 4.92 Å². The fourth-order valence-corrected chi connectivity index (χ4v) is 3.57. The number of hydrazone groups is 1. The maximum absolute atomic E-state index is 12.4. The molecule has 0 radical (unpaired) electrons. The molecule has 1 aromatic heterocycles. The number of nitrogens with zero attached hydrogens (tertiary/aromatic N) is 3.